The number of anilines is 1. The molecule has 0 heterocycles. The average molecular weight is 282 g/mol. The van der Waals surface area contributed by atoms with Crippen molar-refractivity contribution in [3.8, 4) is 0 Å². The summed E-state index contributed by atoms with van der Waals surface area (Å²) >= 11 is 0. The van der Waals surface area contributed by atoms with Gasteiger partial charge in [0, 0.05) is 6.54 Å². The Labute approximate surface area is 117 Å². The zero-order chi connectivity index (χ0) is 14.8. The van der Waals surface area contributed by atoms with Gasteiger partial charge in [-0.3, -0.25) is 4.79 Å². The van der Waals surface area contributed by atoms with E-state index < -0.39 is 17.0 Å². The van der Waals surface area contributed by atoms with Gasteiger partial charge in [0.15, 0.2) is 5.82 Å². The maximum atomic E-state index is 13.9. The van der Waals surface area contributed by atoms with Crippen molar-refractivity contribution in [2.24, 2.45) is 11.1 Å². The monoisotopic (exact) mass is 282 g/mol. The number of benzene rings is 1. The summed E-state index contributed by atoms with van der Waals surface area (Å²) in [6.45, 7) is 1.73. The fraction of sp³-hybridized carbons (Fsp3) is 0.533. The van der Waals surface area contributed by atoms with Crippen LogP contribution in [0.15, 0.2) is 12.1 Å². The molecular weight excluding hydrogens is 262 g/mol. The van der Waals surface area contributed by atoms with Gasteiger partial charge in [-0.2, -0.15) is 0 Å². The lowest BCUT2D eigenvalue weighted by atomic mass is 9.73. The van der Waals surface area contributed by atoms with E-state index in [1.54, 1.807) is 0 Å². The zero-order valence-electron chi connectivity index (χ0n) is 11.6. The highest BCUT2D eigenvalue weighted by Crippen LogP contribution is 2.37. The standard InChI is InChI=1S/C15H20F2N2O/c1-10-5-6-11(16)13(12(10)17)19-14(20)15(9-18)7-3-2-4-8-15/h5-6H,2-4,7-9,18H2,1H3,(H,19,20). The molecule has 0 bridgehead atoms. The third-order valence-electron chi connectivity index (χ3n) is 4.21. The Morgan fingerprint density at radius 1 is 1.30 bits per heavy atom. The van der Waals surface area contributed by atoms with E-state index in [4.69, 9.17) is 5.73 Å². The van der Waals surface area contributed by atoms with Gasteiger partial charge in [0.2, 0.25) is 5.91 Å². The van der Waals surface area contributed by atoms with Gasteiger partial charge < -0.3 is 11.1 Å². The van der Waals surface area contributed by atoms with E-state index in [0.29, 0.717) is 18.4 Å². The van der Waals surface area contributed by atoms with Gasteiger partial charge in [-0.05, 0) is 31.4 Å². The summed E-state index contributed by atoms with van der Waals surface area (Å²) in [5.41, 5.74) is 4.99. The van der Waals surface area contributed by atoms with Crippen LogP contribution in [0.1, 0.15) is 37.7 Å². The van der Waals surface area contributed by atoms with Gasteiger partial charge >= 0.3 is 0 Å². The van der Waals surface area contributed by atoms with E-state index in [9.17, 15) is 13.6 Å². The molecule has 2 rings (SSSR count). The molecule has 0 aromatic heterocycles. The molecule has 0 atom stereocenters. The second kappa shape index (κ2) is 5.87. The van der Waals surface area contributed by atoms with Crippen LogP contribution >= 0.6 is 0 Å². The van der Waals surface area contributed by atoms with Crippen molar-refractivity contribution in [2.45, 2.75) is 39.0 Å². The van der Waals surface area contributed by atoms with Crippen molar-refractivity contribution >= 4 is 11.6 Å². The van der Waals surface area contributed by atoms with Crippen molar-refractivity contribution in [3.63, 3.8) is 0 Å². The molecule has 1 aliphatic rings. The van der Waals surface area contributed by atoms with Crippen LogP contribution in [-0.2, 0) is 4.79 Å². The molecule has 1 aromatic rings. The number of hydrogen-bond acceptors (Lipinski definition) is 2. The van der Waals surface area contributed by atoms with Crippen molar-refractivity contribution < 1.29 is 13.6 Å². The molecule has 0 aliphatic heterocycles. The summed E-state index contributed by atoms with van der Waals surface area (Å²) in [4.78, 5) is 12.4. The summed E-state index contributed by atoms with van der Waals surface area (Å²) in [5, 5.41) is 2.41. The van der Waals surface area contributed by atoms with Crippen LogP contribution in [-0.4, -0.2) is 12.5 Å². The molecule has 5 heteroatoms. The van der Waals surface area contributed by atoms with Crippen molar-refractivity contribution in [1.82, 2.24) is 0 Å². The van der Waals surface area contributed by atoms with E-state index >= 15 is 0 Å². The summed E-state index contributed by atoms with van der Waals surface area (Å²) in [7, 11) is 0. The number of halogens is 2. The van der Waals surface area contributed by atoms with Gasteiger partial charge in [-0.1, -0.05) is 25.3 Å². The molecule has 0 unspecified atom stereocenters. The van der Waals surface area contributed by atoms with Crippen LogP contribution in [0.5, 0.6) is 0 Å². The number of carbonyl (C=O) groups excluding carboxylic acids is 1. The number of carbonyl (C=O) groups is 1. The van der Waals surface area contributed by atoms with Gasteiger partial charge in [0.1, 0.15) is 11.5 Å². The van der Waals surface area contributed by atoms with Crippen LogP contribution < -0.4 is 11.1 Å². The number of nitrogens with one attached hydrogen (secondary N) is 1. The highest BCUT2D eigenvalue weighted by atomic mass is 19.1. The second-order valence-corrected chi connectivity index (χ2v) is 5.55. The minimum absolute atomic E-state index is 0.202. The van der Waals surface area contributed by atoms with Crippen LogP contribution in [0.2, 0.25) is 0 Å². The van der Waals surface area contributed by atoms with E-state index in [1.807, 2.05) is 0 Å². The topological polar surface area (TPSA) is 55.1 Å². The molecule has 0 saturated heterocycles. The predicted octanol–water partition coefficient (Wildman–Crippen LogP) is 3.12. The number of amides is 1. The number of nitrogens with two attached hydrogens (primary N) is 1. The molecular formula is C15H20F2N2O. The minimum atomic E-state index is -0.760. The molecule has 110 valence electrons. The zero-order valence-corrected chi connectivity index (χ0v) is 11.6. The first-order valence-corrected chi connectivity index (χ1v) is 6.96. The summed E-state index contributed by atoms with van der Waals surface area (Å²) in [6.07, 6.45) is 4.25. The van der Waals surface area contributed by atoms with E-state index in [-0.39, 0.29) is 18.1 Å². The predicted molar refractivity (Wildman–Crippen MR) is 74.3 cm³/mol. The van der Waals surface area contributed by atoms with Crippen LogP contribution in [0.3, 0.4) is 0 Å². The maximum Gasteiger partial charge on any atom is 0.232 e. The van der Waals surface area contributed by atoms with Crippen molar-refractivity contribution in [2.75, 3.05) is 11.9 Å². The lowest BCUT2D eigenvalue weighted by Gasteiger charge is -2.34. The van der Waals surface area contributed by atoms with Crippen molar-refractivity contribution in [1.29, 1.82) is 0 Å². The minimum Gasteiger partial charge on any atom is -0.329 e. The average Bonchev–Trinajstić information content (AvgIpc) is 2.48. The summed E-state index contributed by atoms with van der Waals surface area (Å²) < 4.78 is 27.6. The van der Waals surface area contributed by atoms with Crippen LogP contribution in [0, 0.1) is 24.0 Å². The Morgan fingerprint density at radius 2 is 1.95 bits per heavy atom. The smallest absolute Gasteiger partial charge is 0.232 e. The lowest BCUT2D eigenvalue weighted by molar-refractivity contribution is -0.126. The molecule has 0 radical (unpaired) electrons. The van der Waals surface area contributed by atoms with Crippen LogP contribution in [0.25, 0.3) is 0 Å². The number of aryl methyl sites for hydroxylation is 1. The molecule has 3 N–H and O–H groups in total. The molecule has 1 saturated carbocycles. The normalized spacial score (nSPS) is 17.8. The Morgan fingerprint density at radius 3 is 2.55 bits per heavy atom. The molecule has 1 aliphatic carbocycles. The molecule has 3 nitrogen and oxygen atoms in total. The van der Waals surface area contributed by atoms with E-state index in [2.05, 4.69) is 5.32 Å². The summed E-state index contributed by atoms with van der Waals surface area (Å²) in [6, 6.07) is 2.50. The lowest BCUT2D eigenvalue weighted by Crippen LogP contribution is -2.44. The fourth-order valence-corrected chi connectivity index (χ4v) is 2.77. The third-order valence-corrected chi connectivity index (χ3v) is 4.21. The van der Waals surface area contributed by atoms with Crippen molar-refractivity contribution in [3.05, 3.63) is 29.3 Å². The number of hydrogen-bond donors (Lipinski definition) is 2. The fourth-order valence-electron chi connectivity index (χ4n) is 2.77. The second-order valence-electron chi connectivity index (χ2n) is 5.55. The first-order valence-electron chi connectivity index (χ1n) is 6.96. The Bertz CT molecular complexity index is 511. The number of rotatable bonds is 3. The largest absolute Gasteiger partial charge is 0.329 e. The molecule has 1 fully saturated rings. The van der Waals surface area contributed by atoms with Gasteiger partial charge in [-0.25, -0.2) is 8.78 Å². The Kier molecular flexibility index (Phi) is 4.38. The van der Waals surface area contributed by atoms with Crippen LogP contribution in [0.4, 0.5) is 14.5 Å². The van der Waals surface area contributed by atoms with E-state index in [1.165, 1.54) is 13.0 Å². The molecule has 1 aromatic carbocycles. The highest BCUT2D eigenvalue weighted by Gasteiger charge is 2.38. The maximum absolute atomic E-state index is 13.9. The van der Waals surface area contributed by atoms with Gasteiger partial charge in [0.05, 0.1) is 5.41 Å². The molecule has 20 heavy (non-hydrogen) atoms. The first-order chi connectivity index (χ1) is 9.50. The van der Waals surface area contributed by atoms with Gasteiger partial charge in [0.25, 0.3) is 0 Å². The Balaban J connectivity index is 2.25. The highest BCUT2D eigenvalue weighted by molar-refractivity contribution is 5.95. The molecule has 1 amide bonds. The quantitative estimate of drug-likeness (QED) is 0.895. The molecule has 0 spiro atoms. The van der Waals surface area contributed by atoms with E-state index in [0.717, 1.165) is 25.3 Å². The Hall–Kier alpha value is -1.49. The third kappa shape index (κ3) is 2.68. The van der Waals surface area contributed by atoms with Gasteiger partial charge in [-0.15, -0.1) is 0 Å². The SMILES string of the molecule is Cc1ccc(F)c(NC(=O)C2(CN)CCCCC2)c1F. The summed E-state index contributed by atoms with van der Waals surface area (Å²) in [5.74, 6) is -1.85. The first kappa shape index (κ1) is 14.9.